The molecule has 2 unspecified atom stereocenters. The molecular weight excluding hydrogens is 1490 g/mol. The number of nitrogens with two attached hydrogens (primary N) is 1. The Kier molecular flexibility index (Phi) is 31.2. The first-order chi connectivity index (χ1) is 52.5. The second kappa shape index (κ2) is 39.9. The summed E-state index contributed by atoms with van der Waals surface area (Å²) in [6.45, 7) is 0.131. The SMILES string of the molecule is C.C.C.C.NS(=O)(=O)Cc1ccccc1.O=C(N[C@H]1CCCCC/C=C\C2C[C@@]2(C(=O)NS(=O)(=O)Cc2ccccc2)NC(=O)[C@@H]2C[C@@H](n3nnc(-c4ccccc4)n3)CN2C1=O)OC1CCCC1.O=C(N[C@H]1CCCCC/C=C\C2C[C@@]2(C(=O)O)NC(=O)[C@@H]2C[C@@H](n3nnc(-c4ccccc4)n3)CN2C1=O)OC1CCCC1. The number of aliphatic carboxylic acids is 1. The van der Waals surface area contributed by atoms with Crippen LogP contribution in [0, 0.1) is 11.8 Å². The first-order valence-corrected chi connectivity index (χ1v) is 41.0. The highest BCUT2D eigenvalue weighted by molar-refractivity contribution is 7.89. The number of hydrogen-bond acceptors (Lipinski definition) is 20. The number of carbonyl (C=O) groups excluding carboxylic acids is 7. The van der Waals surface area contributed by atoms with Crippen LogP contribution in [0.4, 0.5) is 9.59 Å². The van der Waals surface area contributed by atoms with E-state index in [2.05, 4.69) is 56.8 Å². The van der Waals surface area contributed by atoms with Crippen LogP contribution in [-0.4, -0.2) is 180 Å². The zero-order chi connectivity index (χ0) is 76.7. The Morgan fingerprint density at radius 2 is 0.894 bits per heavy atom. The number of tetrazole rings is 2. The Hall–Kier alpha value is -10.3. The minimum atomic E-state index is -4.12. The number of fused-ring (bicyclic) bond motifs is 4. The molecule has 4 aromatic carbocycles. The molecule has 6 heterocycles. The maximum Gasteiger partial charge on any atom is 0.408 e. The van der Waals surface area contributed by atoms with Crippen molar-refractivity contribution in [1.29, 1.82) is 0 Å². The summed E-state index contributed by atoms with van der Waals surface area (Å²) in [5.41, 5.74) is -0.198. The minimum Gasteiger partial charge on any atom is -0.479 e. The molecule has 0 bridgehead atoms. The van der Waals surface area contributed by atoms with Crippen LogP contribution in [0.1, 0.15) is 194 Å². The van der Waals surface area contributed by atoms with Gasteiger partial charge >= 0.3 is 18.2 Å². The van der Waals surface area contributed by atoms with Crippen LogP contribution < -0.4 is 31.1 Å². The number of alkyl carbamates (subject to hydrolysis) is 2. The Balaban J connectivity index is 0.000000245. The topological polar surface area (TPSA) is 423 Å². The highest BCUT2D eigenvalue weighted by Crippen LogP contribution is 2.47. The number of primary sulfonamides is 1. The highest BCUT2D eigenvalue weighted by Gasteiger charge is 2.63. The number of carboxylic acids is 1. The van der Waals surface area contributed by atoms with Gasteiger partial charge in [0.1, 0.15) is 47.5 Å². The van der Waals surface area contributed by atoms with Crippen LogP contribution >= 0.6 is 0 Å². The summed E-state index contributed by atoms with van der Waals surface area (Å²) in [5, 5.41) is 52.2. The molecule has 4 aliphatic carbocycles. The predicted molar refractivity (Wildman–Crippen MR) is 424 cm³/mol. The molecule has 7 amide bonds. The number of carbonyl (C=O) groups is 8. The molecule has 4 saturated carbocycles. The van der Waals surface area contributed by atoms with Crippen LogP contribution in [0.5, 0.6) is 0 Å². The van der Waals surface area contributed by atoms with Crippen molar-refractivity contribution in [1.82, 2.24) is 76.2 Å². The maximum absolute atomic E-state index is 14.5. The first kappa shape index (κ1) is 88.3. The fourth-order valence-electron chi connectivity index (χ4n) is 15.2. The van der Waals surface area contributed by atoms with Gasteiger partial charge in [0, 0.05) is 48.9 Å². The van der Waals surface area contributed by atoms with Crippen molar-refractivity contribution in [2.75, 3.05) is 13.1 Å². The lowest BCUT2D eigenvalue weighted by Gasteiger charge is -2.30. The van der Waals surface area contributed by atoms with E-state index in [1.54, 1.807) is 54.6 Å². The smallest absolute Gasteiger partial charge is 0.408 e. The van der Waals surface area contributed by atoms with E-state index in [0.29, 0.717) is 49.3 Å². The molecule has 6 fully saturated rings. The lowest BCUT2D eigenvalue weighted by atomic mass is 10.0. The number of ether oxygens (including phenoxy) is 2. The van der Waals surface area contributed by atoms with Gasteiger partial charge in [-0.1, -0.05) is 201 Å². The maximum atomic E-state index is 14.5. The number of aromatic nitrogens is 8. The molecule has 31 nitrogen and oxygen atoms in total. The number of allylic oxidation sites excluding steroid dienone is 2. The fraction of sp³-hybridized carbons (Fsp3) is 0.525. The quantitative estimate of drug-likeness (QED) is 0.0470. The molecule has 8 aliphatic rings. The predicted octanol–water partition coefficient (Wildman–Crippen LogP) is 9.58. The highest BCUT2D eigenvalue weighted by atomic mass is 32.2. The van der Waals surface area contributed by atoms with E-state index >= 15 is 0 Å². The Bertz CT molecular complexity index is 4490. The number of sulfonamides is 2. The summed E-state index contributed by atoms with van der Waals surface area (Å²) in [6.07, 6.45) is 20.6. The third kappa shape index (κ3) is 23.2. The van der Waals surface area contributed by atoms with Crippen LogP contribution in [-0.2, 0) is 69.8 Å². The molecule has 612 valence electrons. The lowest BCUT2D eigenvalue weighted by molar-refractivity contribution is -0.145. The average molecular weight is 1600 g/mol. The van der Waals surface area contributed by atoms with Crippen LogP contribution in [0.2, 0.25) is 0 Å². The molecule has 14 rings (SSSR count). The van der Waals surface area contributed by atoms with E-state index < -0.39 is 127 Å². The number of amides is 7. The fourth-order valence-corrected chi connectivity index (χ4v) is 17.0. The van der Waals surface area contributed by atoms with Gasteiger partial charge in [-0.15, -0.1) is 20.4 Å². The third-order valence-electron chi connectivity index (χ3n) is 21.3. The summed E-state index contributed by atoms with van der Waals surface area (Å²) in [4.78, 5) is 115. The van der Waals surface area contributed by atoms with Gasteiger partial charge in [0.15, 0.2) is 0 Å². The monoisotopic (exact) mass is 1600 g/mol. The third-order valence-corrected chi connectivity index (χ3v) is 23.2. The minimum absolute atomic E-state index is 0. The van der Waals surface area contributed by atoms with Crippen molar-refractivity contribution < 1.29 is 69.8 Å². The van der Waals surface area contributed by atoms with Gasteiger partial charge in [-0.05, 0) is 124 Å². The van der Waals surface area contributed by atoms with E-state index in [1.807, 2.05) is 91.0 Å². The molecule has 10 atom stereocenters. The molecular formula is C80H110N16O15S2. The van der Waals surface area contributed by atoms with Crippen molar-refractivity contribution in [2.45, 2.75) is 242 Å². The summed E-state index contributed by atoms with van der Waals surface area (Å²) < 4.78 is 61.0. The number of nitrogens with zero attached hydrogens (tertiary/aromatic N) is 10. The zero-order valence-electron chi connectivity index (χ0n) is 60.5. The molecule has 0 spiro atoms. The van der Waals surface area contributed by atoms with Crippen molar-refractivity contribution >= 4 is 67.7 Å². The summed E-state index contributed by atoms with van der Waals surface area (Å²) in [7, 11) is -7.49. The average Bonchev–Trinajstić information content (AvgIpc) is 1.59. The standard InChI is InChI=1S/C38H46N8O7S.C31H39N7O6.C7H9NO2S.4CH4/c47-34-32-22-29(46-42-33(41-44-46)27-16-8-5-9-17-27)24-45(32)35(48)31(39-37(50)53-30-19-12-13-20-30)21-11-3-1-2-10-18-28-23-38(28,40-34)36(49)43-54(51,52)25-26-14-6-4-7-15-26;39-27-25-17-22(38-35-26(34-36-38)20-11-5-4-6-12-20)19-37(25)28(40)24(32-30(43)44-23-14-9-10-15-23)16-8-3-1-2-7-13-21-18-31(21,33-27)29(41)42;8-11(9,10)6-7-4-2-1-3-5-7;;;;/h4-10,14-18,28-32H,1-3,11-13,19-25H2,(H,39,50)(H,40,47)(H,43,49);4-7,11-13,21-25H,1-3,8-10,14-19H2,(H,32,43)(H,33,39)(H,41,42);1-5H,6H2,(H2,8,9,10);4*1H4/b18-10-;13-7-;;;;;/t28?,29-,31+,32+,38-;21?,22-,24+,25+,31-;;;;;/m11...../s1. The van der Waals surface area contributed by atoms with Gasteiger partial charge < -0.3 is 45.6 Å². The molecule has 8 N–H and O–H groups in total. The molecule has 6 aromatic rings. The summed E-state index contributed by atoms with van der Waals surface area (Å²) in [5.74, 6) is -4.47. The van der Waals surface area contributed by atoms with Gasteiger partial charge in [-0.3, -0.25) is 28.7 Å². The summed E-state index contributed by atoms with van der Waals surface area (Å²) in [6, 6.07) is 31.0. The molecule has 2 saturated heterocycles. The summed E-state index contributed by atoms with van der Waals surface area (Å²) >= 11 is 0. The largest absolute Gasteiger partial charge is 0.479 e. The number of carboxylic acid groups (broad SMARTS) is 1. The molecule has 0 radical (unpaired) electrons. The van der Waals surface area contributed by atoms with Crippen LogP contribution in [0.25, 0.3) is 22.8 Å². The number of benzene rings is 4. The number of rotatable bonds is 15. The van der Waals surface area contributed by atoms with Crippen molar-refractivity contribution in [3.05, 3.63) is 157 Å². The van der Waals surface area contributed by atoms with Crippen LogP contribution in [0.15, 0.2) is 146 Å². The van der Waals surface area contributed by atoms with Crippen molar-refractivity contribution in [3.63, 3.8) is 0 Å². The molecule has 4 aliphatic heterocycles. The second-order valence-corrected chi connectivity index (χ2v) is 32.7. The number of nitrogens with one attached hydrogen (secondary N) is 5. The van der Waals surface area contributed by atoms with E-state index in [1.165, 1.54) is 19.4 Å². The lowest BCUT2D eigenvalue weighted by Crippen LogP contribution is -2.58. The van der Waals surface area contributed by atoms with E-state index in [9.17, 15) is 60.3 Å². The molecule has 2 aromatic heterocycles. The van der Waals surface area contributed by atoms with Crippen molar-refractivity contribution in [2.24, 2.45) is 17.0 Å². The molecule has 33 heteroatoms. The van der Waals surface area contributed by atoms with Gasteiger partial charge in [-0.25, -0.2) is 36.4 Å². The van der Waals surface area contributed by atoms with E-state index in [-0.39, 0.29) is 92.4 Å². The van der Waals surface area contributed by atoms with Crippen molar-refractivity contribution in [3.8, 4) is 22.8 Å². The first-order valence-electron chi connectivity index (χ1n) is 37.6. The normalized spacial score (nSPS) is 25.8. The Labute approximate surface area is 661 Å². The van der Waals surface area contributed by atoms with Crippen LogP contribution in [0.3, 0.4) is 0 Å². The zero-order valence-corrected chi connectivity index (χ0v) is 62.2. The molecule has 113 heavy (non-hydrogen) atoms. The van der Waals surface area contributed by atoms with E-state index in [4.69, 9.17) is 14.6 Å². The Morgan fingerprint density at radius 1 is 0.513 bits per heavy atom. The van der Waals surface area contributed by atoms with E-state index in [0.717, 1.165) is 100 Å². The Morgan fingerprint density at radius 3 is 1.31 bits per heavy atom. The number of hydrogen-bond donors (Lipinski definition) is 7. The van der Waals surface area contributed by atoms with Gasteiger partial charge in [0.05, 0.1) is 23.6 Å². The van der Waals surface area contributed by atoms with Gasteiger partial charge in [-0.2, -0.15) is 9.59 Å². The van der Waals surface area contributed by atoms with Gasteiger partial charge in [0.2, 0.25) is 55.3 Å². The second-order valence-electron chi connectivity index (χ2n) is 29.4. The van der Waals surface area contributed by atoms with Gasteiger partial charge in [0.25, 0.3) is 5.91 Å².